The summed E-state index contributed by atoms with van der Waals surface area (Å²) >= 11 is 0. The molecule has 0 unspecified atom stereocenters. The van der Waals surface area contributed by atoms with E-state index in [1.165, 1.54) is 23.6 Å². The summed E-state index contributed by atoms with van der Waals surface area (Å²) in [7, 11) is -1.85. The summed E-state index contributed by atoms with van der Waals surface area (Å²) in [6, 6.07) is 6.28. The fraction of sp³-hybridized carbons (Fsp3) is 0.684. The summed E-state index contributed by atoms with van der Waals surface area (Å²) < 4.78 is 23.6. The third kappa shape index (κ3) is 6.20. The van der Waals surface area contributed by atoms with Gasteiger partial charge in [0.25, 0.3) is 0 Å². The molecule has 1 saturated carbocycles. The van der Waals surface area contributed by atoms with E-state index in [0.29, 0.717) is 25.9 Å². The SMILES string of the molecule is CCCc1c(OCCCOC2CC2)cccc1[SiH](OCC)OCC. The maximum atomic E-state index is 6.07. The fourth-order valence-electron chi connectivity index (χ4n) is 2.71. The van der Waals surface area contributed by atoms with E-state index in [1.807, 2.05) is 13.8 Å². The summed E-state index contributed by atoms with van der Waals surface area (Å²) in [6.07, 6.45) is 5.98. The van der Waals surface area contributed by atoms with Gasteiger partial charge in [0.1, 0.15) is 5.75 Å². The molecule has 1 aromatic carbocycles. The molecule has 4 nitrogen and oxygen atoms in total. The first kappa shape index (κ1) is 19.4. The van der Waals surface area contributed by atoms with Gasteiger partial charge < -0.3 is 18.3 Å². The third-order valence-electron chi connectivity index (χ3n) is 3.98. The zero-order chi connectivity index (χ0) is 17.2. The van der Waals surface area contributed by atoms with Crippen LogP contribution in [0.15, 0.2) is 18.2 Å². The highest BCUT2D eigenvalue weighted by Crippen LogP contribution is 2.23. The summed E-state index contributed by atoms with van der Waals surface area (Å²) in [5.41, 5.74) is 1.27. The molecule has 0 radical (unpaired) electrons. The van der Waals surface area contributed by atoms with E-state index in [1.54, 1.807) is 0 Å². The topological polar surface area (TPSA) is 36.9 Å². The Morgan fingerprint density at radius 3 is 2.42 bits per heavy atom. The average molecular weight is 353 g/mol. The van der Waals surface area contributed by atoms with Gasteiger partial charge in [-0.3, -0.25) is 0 Å². The first-order chi connectivity index (χ1) is 11.8. The maximum absolute atomic E-state index is 6.07. The van der Waals surface area contributed by atoms with Gasteiger partial charge >= 0.3 is 9.28 Å². The van der Waals surface area contributed by atoms with Crippen molar-refractivity contribution in [1.29, 1.82) is 0 Å². The van der Waals surface area contributed by atoms with Gasteiger partial charge in [-0.2, -0.15) is 0 Å². The first-order valence-electron chi connectivity index (χ1n) is 9.39. The summed E-state index contributed by atoms with van der Waals surface area (Å²) in [6.45, 7) is 9.11. The van der Waals surface area contributed by atoms with E-state index in [4.69, 9.17) is 18.3 Å². The Hall–Kier alpha value is -0.883. The van der Waals surface area contributed by atoms with Gasteiger partial charge in [0.15, 0.2) is 0 Å². The molecule has 24 heavy (non-hydrogen) atoms. The third-order valence-corrected chi connectivity index (χ3v) is 6.30. The molecule has 1 aromatic rings. The molecule has 0 aliphatic heterocycles. The number of ether oxygens (including phenoxy) is 2. The highest BCUT2D eigenvalue weighted by molar-refractivity contribution is 6.62. The van der Waals surface area contributed by atoms with Gasteiger partial charge in [0, 0.05) is 19.6 Å². The Morgan fingerprint density at radius 2 is 1.79 bits per heavy atom. The van der Waals surface area contributed by atoms with Gasteiger partial charge in [0.2, 0.25) is 0 Å². The van der Waals surface area contributed by atoms with E-state index in [-0.39, 0.29) is 0 Å². The number of hydrogen-bond donors (Lipinski definition) is 0. The maximum Gasteiger partial charge on any atom is 0.356 e. The van der Waals surface area contributed by atoms with Gasteiger partial charge in [-0.05, 0) is 49.9 Å². The monoisotopic (exact) mass is 352 g/mol. The van der Waals surface area contributed by atoms with Crippen LogP contribution in [-0.4, -0.2) is 41.8 Å². The van der Waals surface area contributed by atoms with Crippen molar-refractivity contribution in [3.8, 4) is 5.75 Å². The zero-order valence-electron chi connectivity index (χ0n) is 15.4. The van der Waals surface area contributed by atoms with Crippen molar-refractivity contribution in [2.45, 2.75) is 59.0 Å². The molecular formula is C19H32O4Si. The van der Waals surface area contributed by atoms with Gasteiger partial charge in [-0.1, -0.05) is 25.5 Å². The van der Waals surface area contributed by atoms with Crippen molar-refractivity contribution in [2.75, 3.05) is 26.4 Å². The Morgan fingerprint density at radius 1 is 1.04 bits per heavy atom. The standard InChI is InChI=1S/C19H32O4Si/c1-4-9-17-18(21-15-8-14-20-16-12-13-16)10-7-11-19(17)24(22-5-2)23-6-3/h7,10-11,16,24H,4-6,8-9,12-15H2,1-3H3. The molecule has 1 fully saturated rings. The molecule has 0 atom stereocenters. The number of rotatable bonds is 13. The van der Waals surface area contributed by atoms with Crippen molar-refractivity contribution < 1.29 is 18.3 Å². The van der Waals surface area contributed by atoms with Gasteiger partial charge in [0.05, 0.1) is 19.3 Å². The smallest absolute Gasteiger partial charge is 0.356 e. The molecule has 1 aliphatic rings. The zero-order valence-corrected chi connectivity index (χ0v) is 16.5. The molecule has 0 spiro atoms. The average Bonchev–Trinajstić information content (AvgIpc) is 3.40. The molecule has 136 valence electrons. The predicted molar refractivity (Wildman–Crippen MR) is 99.6 cm³/mol. The largest absolute Gasteiger partial charge is 0.493 e. The second-order valence-electron chi connectivity index (χ2n) is 6.09. The molecule has 2 rings (SSSR count). The van der Waals surface area contributed by atoms with Crippen molar-refractivity contribution in [2.24, 2.45) is 0 Å². The van der Waals surface area contributed by atoms with Crippen LogP contribution in [-0.2, 0) is 20.0 Å². The van der Waals surface area contributed by atoms with E-state index >= 15 is 0 Å². The Bertz CT molecular complexity index is 470. The van der Waals surface area contributed by atoms with Crippen LogP contribution >= 0.6 is 0 Å². The van der Waals surface area contributed by atoms with E-state index < -0.39 is 9.28 Å². The predicted octanol–water partition coefficient (Wildman–Crippen LogP) is 3.09. The lowest BCUT2D eigenvalue weighted by Crippen LogP contribution is -2.39. The lowest BCUT2D eigenvalue weighted by Gasteiger charge is -2.21. The molecule has 5 heteroatoms. The van der Waals surface area contributed by atoms with Crippen LogP contribution in [0.2, 0.25) is 0 Å². The van der Waals surface area contributed by atoms with Crippen LogP contribution in [0, 0.1) is 0 Å². The molecule has 0 saturated heterocycles. The molecule has 0 N–H and O–H groups in total. The minimum Gasteiger partial charge on any atom is -0.493 e. The van der Waals surface area contributed by atoms with Crippen molar-refractivity contribution in [3.63, 3.8) is 0 Å². The summed E-state index contributed by atoms with van der Waals surface area (Å²) in [4.78, 5) is 0. The molecule has 0 aromatic heterocycles. The van der Waals surface area contributed by atoms with E-state index in [9.17, 15) is 0 Å². The van der Waals surface area contributed by atoms with Crippen molar-refractivity contribution in [1.82, 2.24) is 0 Å². The molecule has 0 heterocycles. The van der Waals surface area contributed by atoms with Crippen molar-refractivity contribution in [3.05, 3.63) is 23.8 Å². The Labute approximate surface area is 148 Å². The highest BCUT2D eigenvalue weighted by Gasteiger charge is 2.22. The quantitative estimate of drug-likeness (QED) is 0.404. The lowest BCUT2D eigenvalue weighted by atomic mass is 10.1. The summed E-state index contributed by atoms with van der Waals surface area (Å²) in [5, 5.41) is 1.23. The van der Waals surface area contributed by atoms with Gasteiger partial charge in [-0.15, -0.1) is 0 Å². The van der Waals surface area contributed by atoms with Crippen molar-refractivity contribution >= 4 is 14.5 Å². The van der Waals surface area contributed by atoms with Crippen LogP contribution in [0.3, 0.4) is 0 Å². The normalized spacial score (nSPS) is 14.3. The summed E-state index contributed by atoms with van der Waals surface area (Å²) in [5.74, 6) is 0.984. The van der Waals surface area contributed by atoms with E-state index in [0.717, 1.165) is 31.6 Å². The Balaban J connectivity index is 2.00. The molecular weight excluding hydrogens is 320 g/mol. The van der Waals surface area contributed by atoms with Crippen LogP contribution in [0.1, 0.15) is 52.0 Å². The van der Waals surface area contributed by atoms with Crippen LogP contribution < -0.4 is 9.92 Å². The highest BCUT2D eigenvalue weighted by atomic mass is 28.3. The van der Waals surface area contributed by atoms with Crippen LogP contribution in [0.4, 0.5) is 0 Å². The lowest BCUT2D eigenvalue weighted by molar-refractivity contribution is 0.106. The second kappa shape index (κ2) is 10.9. The molecule has 1 aliphatic carbocycles. The van der Waals surface area contributed by atoms with Crippen LogP contribution in [0.25, 0.3) is 0 Å². The first-order valence-corrected chi connectivity index (χ1v) is 10.9. The second-order valence-corrected chi connectivity index (χ2v) is 8.04. The molecule has 0 amide bonds. The minimum absolute atomic E-state index is 0.521. The van der Waals surface area contributed by atoms with Gasteiger partial charge in [-0.25, -0.2) is 0 Å². The minimum atomic E-state index is -1.85. The van der Waals surface area contributed by atoms with Crippen LogP contribution in [0.5, 0.6) is 5.75 Å². The Kier molecular flexibility index (Phi) is 8.81. The number of benzene rings is 1. The fourth-order valence-corrected chi connectivity index (χ4v) is 4.61. The van der Waals surface area contributed by atoms with E-state index in [2.05, 4.69) is 25.1 Å². The molecule has 0 bridgehead atoms. The number of hydrogen-bond acceptors (Lipinski definition) is 4.